The van der Waals surface area contributed by atoms with Gasteiger partial charge in [0.2, 0.25) is 10.0 Å². The quantitative estimate of drug-likeness (QED) is 0.576. The average molecular weight is 285 g/mol. The molecule has 0 aromatic carbocycles. The minimum absolute atomic E-state index is 0.0636. The highest BCUT2D eigenvalue weighted by Gasteiger charge is 2.09. The zero-order valence-electron chi connectivity index (χ0n) is 8.53. The number of hydrogen-bond acceptors (Lipinski definition) is 4. The number of sulfonamides is 1. The molecule has 0 bridgehead atoms. The Balaban J connectivity index is 2.39. The maximum Gasteiger partial charge on any atom is 0.304 e. The lowest BCUT2D eigenvalue weighted by Crippen LogP contribution is -2.26. The predicted octanol–water partition coefficient (Wildman–Crippen LogP) is 0.875. The van der Waals surface area contributed by atoms with Crippen molar-refractivity contribution in [3.05, 3.63) is 20.7 Å². The Labute approximate surface area is 103 Å². The number of unbranched alkanes of at least 4 members (excludes halogenated alkanes) is 1. The summed E-state index contributed by atoms with van der Waals surface area (Å²) >= 11 is 6.47. The van der Waals surface area contributed by atoms with Crippen molar-refractivity contribution in [2.24, 2.45) is 0 Å². The molecular formula is C8H13ClN2O3S2. The number of alkyl halides is 1. The first-order valence-corrected chi connectivity index (χ1v) is 7.80. The summed E-state index contributed by atoms with van der Waals surface area (Å²) < 4.78 is 25.3. The Bertz CT molecular complexity index is 466. The van der Waals surface area contributed by atoms with Crippen LogP contribution < -0.4 is 9.60 Å². The van der Waals surface area contributed by atoms with Gasteiger partial charge in [-0.2, -0.15) is 0 Å². The van der Waals surface area contributed by atoms with Gasteiger partial charge in [-0.3, -0.25) is 4.79 Å². The summed E-state index contributed by atoms with van der Waals surface area (Å²) in [6.07, 6.45) is 1.22. The second-order valence-corrected chi connectivity index (χ2v) is 6.36. The second-order valence-electron chi connectivity index (χ2n) is 3.21. The standard InChI is InChI=1S/C8H13ClN2O3S2/c9-3-1-2-4-16(13,14)10-5-7-6-15-8(12)11-7/h6,10H,1-5H2,(H,11,12). The molecule has 0 atom stereocenters. The van der Waals surface area contributed by atoms with Crippen molar-refractivity contribution in [2.45, 2.75) is 19.4 Å². The first kappa shape index (κ1) is 13.7. The highest BCUT2D eigenvalue weighted by atomic mass is 35.5. The smallest absolute Gasteiger partial charge is 0.304 e. The minimum atomic E-state index is -3.27. The molecule has 5 nitrogen and oxygen atoms in total. The van der Waals surface area contributed by atoms with Crippen molar-refractivity contribution in [3.8, 4) is 0 Å². The normalized spacial score (nSPS) is 11.8. The molecule has 1 aromatic rings. The van der Waals surface area contributed by atoms with Crippen LogP contribution in [0, 0.1) is 0 Å². The molecule has 0 aliphatic carbocycles. The topological polar surface area (TPSA) is 79.0 Å². The van der Waals surface area contributed by atoms with Crippen molar-refractivity contribution in [2.75, 3.05) is 11.6 Å². The van der Waals surface area contributed by atoms with Crippen LogP contribution in [0.25, 0.3) is 0 Å². The zero-order valence-corrected chi connectivity index (χ0v) is 10.9. The molecule has 2 N–H and O–H groups in total. The van der Waals surface area contributed by atoms with Gasteiger partial charge in [-0.05, 0) is 12.8 Å². The summed E-state index contributed by atoms with van der Waals surface area (Å²) in [5.74, 6) is 0.529. The molecular weight excluding hydrogens is 272 g/mol. The van der Waals surface area contributed by atoms with Gasteiger partial charge in [0.1, 0.15) is 0 Å². The van der Waals surface area contributed by atoms with E-state index in [2.05, 4.69) is 9.71 Å². The zero-order chi connectivity index (χ0) is 12.0. The van der Waals surface area contributed by atoms with E-state index in [9.17, 15) is 13.2 Å². The molecule has 0 radical (unpaired) electrons. The highest BCUT2D eigenvalue weighted by Crippen LogP contribution is 1.99. The predicted molar refractivity (Wildman–Crippen MR) is 65.5 cm³/mol. The summed E-state index contributed by atoms with van der Waals surface area (Å²) in [6.45, 7) is 0.127. The minimum Gasteiger partial charge on any atom is -0.315 e. The third-order valence-corrected chi connectivity index (χ3v) is 4.25. The maximum absolute atomic E-state index is 11.4. The van der Waals surface area contributed by atoms with Gasteiger partial charge >= 0.3 is 4.87 Å². The second kappa shape index (κ2) is 6.39. The lowest BCUT2D eigenvalue weighted by atomic mass is 10.4. The number of aromatic amines is 1. The molecule has 92 valence electrons. The van der Waals surface area contributed by atoms with E-state index in [0.717, 1.165) is 11.3 Å². The van der Waals surface area contributed by atoms with E-state index in [-0.39, 0.29) is 17.2 Å². The van der Waals surface area contributed by atoms with Crippen LogP contribution in [-0.4, -0.2) is 25.0 Å². The van der Waals surface area contributed by atoms with Gasteiger partial charge in [-0.1, -0.05) is 11.3 Å². The molecule has 1 aromatic heterocycles. The SMILES string of the molecule is O=c1[nH]c(CNS(=O)(=O)CCCCCl)cs1. The first-order valence-electron chi connectivity index (χ1n) is 4.73. The number of rotatable bonds is 7. The van der Waals surface area contributed by atoms with Gasteiger partial charge in [-0.25, -0.2) is 13.1 Å². The number of H-pyrrole nitrogens is 1. The van der Waals surface area contributed by atoms with Gasteiger partial charge in [0, 0.05) is 17.0 Å². The van der Waals surface area contributed by atoms with Crippen LogP contribution in [-0.2, 0) is 16.6 Å². The number of aromatic nitrogens is 1. The molecule has 0 saturated heterocycles. The van der Waals surface area contributed by atoms with Crippen LogP contribution in [0.5, 0.6) is 0 Å². The van der Waals surface area contributed by atoms with E-state index < -0.39 is 10.0 Å². The Morgan fingerprint density at radius 2 is 2.19 bits per heavy atom. The largest absolute Gasteiger partial charge is 0.315 e. The fourth-order valence-corrected chi connectivity index (χ4v) is 2.92. The van der Waals surface area contributed by atoms with Crippen LogP contribution in [0.4, 0.5) is 0 Å². The molecule has 1 heterocycles. The molecule has 1 rings (SSSR count). The van der Waals surface area contributed by atoms with Crippen LogP contribution in [0.2, 0.25) is 0 Å². The summed E-state index contributed by atoms with van der Waals surface area (Å²) in [5.41, 5.74) is 0.580. The van der Waals surface area contributed by atoms with E-state index in [0.29, 0.717) is 24.4 Å². The number of hydrogen-bond donors (Lipinski definition) is 2. The molecule has 16 heavy (non-hydrogen) atoms. The van der Waals surface area contributed by atoms with Crippen molar-refractivity contribution in [1.82, 2.24) is 9.71 Å². The fraction of sp³-hybridized carbons (Fsp3) is 0.625. The lowest BCUT2D eigenvalue weighted by molar-refractivity contribution is 0.577. The number of nitrogens with one attached hydrogen (secondary N) is 2. The van der Waals surface area contributed by atoms with E-state index in [1.165, 1.54) is 0 Å². The van der Waals surface area contributed by atoms with E-state index in [1.807, 2.05) is 0 Å². The third kappa shape index (κ3) is 5.11. The molecule has 0 aliphatic heterocycles. The third-order valence-electron chi connectivity index (χ3n) is 1.85. The molecule has 0 aliphatic rings. The van der Waals surface area contributed by atoms with Crippen molar-refractivity contribution in [1.29, 1.82) is 0 Å². The van der Waals surface area contributed by atoms with Crippen molar-refractivity contribution >= 4 is 33.0 Å². The lowest BCUT2D eigenvalue weighted by Gasteiger charge is -2.04. The van der Waals surface area contributed by atoms with E-state index in [1.54, 1.807) is 5.38 Å². The number of thiazole rings is 1. The molecule has 0 spiro atoms. The summed E-state index contributed by atoms with van der Waals surface area (Å²) in [6, 6.07) is 0. The van der Waals surface area contributed by atoms with Crippen LogP contribution in [0.15, 0.2) is 10.2 Å². The van der Waals surface area contributed by atoms with Crippen LogP contribution >= 0.6 is 22.9 Å². The van der Waals surface area contributed by atoms with Crippen LogP contribution in [0.1, 0.15) is 18.5 Å². The maximum atomic E-state index is 11.4. The van der Waals surface area contributed by atoms with Crippen molar-refractivity contribution in [3.63, 3.8) is 0 Å². The summed E-state index contributed by atoms with van der Waals surface area (Å²) in [7, 11) is -3.27. The first-order chi connectivity index (χ1) is 7.53. The van der Waals surface area contributed by atoms with Gasteiger partial charge in [0.25, 0.3) is 0 Å². The average Bonchev–Trinajstić information content (AvgIpc) is 2.62. The summed E-state index contributed by atoms with van der Waals surface area (Å²) in [5, 5.41) is 1.60. The van der Waals surface area contributed by atoms with Gasteiger partial charge in [0.15, 0.2) is 0 Å². The highest BCUT2D eigenvalue weighted by molar-refractivity contribution is 7.89. The Kier molecular flexibility index (Phi) is 5.47. The van der Waals surface area contributed by atoms with E-state index >= 15 is 0 Å². The van der Waals surface area contributed by atoms with E-state index in [4.69, 9.17) is 11.6 Å². The molecule has 0 saturated carbocycles. The van der Waals surface area contributed by atoms with Crippen LogP contribution in [0.3, 0.4) is 0 Å². The fourth-order valence-electron chi connectivity index (χ4n) is 1.05. The monoisotopic (exact) mass is 284 g/mol. The van der Waals surface area contributed by atoms with Crippen molar-refractivity contribution < 1.29 is 8.42 Å². The molecule has 0 amide bonds. The number of halogens is 1. The summed E-state index contributed by atoms with van der Waals surface area (Å²) in [4.78, 5) is 13.1. The van der Waals surface area contributed by atoms with Gasteiger partial charge in [0.05, 0.1) is 12.3 Å². The van der Waals surface area contributed by atoms with Gasteiger partial charge in [-0.15, -0.1) is 11.6 Å². The molecule has 0 fully saturated rings. The van der Waals surface area contributed by atoms with Gasteiger partial charge < -0.3 is 4.98 Å². The Morgan fingerprint density at radius 1 is 1.44 bits per heavy atom. The Hall–Kier alpha value is -0.370. The Morgan fingerprint density at radius 3 is 2.75 bits per heavy atom. The molecule has 8 heteroatoms. The molecule has 0 unspecified atom stereocenters.